The van der Waals surface area contributed by atoms with Gasteiger partial charge in [-0.2, -0.15) is 0 Å². The monoisotopic (exact) mass is 239 g/mol. The second kappa shape index (κ2) is 7.17. The van der Waals surface area contributed by atoms with Crippen molar-refractivity contribution < 1.29 is 4.74 Å². The van der Waals surface area contributed by atoms with Crippen molar-refractivity contribution in [1.29, 1.82) is 0 Å². The van der Waals surface area contributed by atoms with Gasteiger partial charge in [-0.1, -0.05) is 26.0 Å². The molecule has 0 aromatic carbocycles. The molecular weight excluding hydrogens is 210 g/mol. The topological polar surface area (TPSA) is 21.3 Å². The Morgan fingerprint density at radius 1 is 1.29 bits per heavy atom. The minimum Gasteiger partial charge on any atom is -0.380 e. The zero-order valence-electron chi connectivity index (χ0n) is 12.0. The van der Waals surface area contributed by atoms with Crippen molar-refractivity contribution in [3.63, 3.8) is 0 Å². The van der Waals surface area contributed by atoms with E-state index in [1.54, 1.807) is 0 Å². The molecule has 0 radical (unpaired) electrons. The van der Waals surface area contributed by atoms with E-state index in [1.165, 1.54) is 12.8 Å². The molecule has 0 aliphatic heterocycles. The Bertz CT molecular complexity index is 235. The standard InChI is InChI=1S/C15H29NO/c1-5-15(3,4)16-10-11-17-12-14-9-7-6-8-13(14)2/h6-7,13-14,16H,5,8-12H2,1-4H3. The van der Waals surface area contributed by atoms with Gasteiger partial charge in [0.05, 0.1) is 13.2 Å². The maximum atomic E-state index is 5.79. The van der Waals surface area contributed by atoms with Crippen molar-refractivity contribution >= 4 is 0 Å². The Balaban J connectivity index is 2.06. The van der Waals surface area contributed by atoms with E-state index in [2.05, 4.69) is 45.2 Å². The quantitative estimate of drug-likeness (QED) is 0.543. The highest BCUT2D eigenvalue weighted by atomic mass is 16.5. The van der Waals surface area contributed by atoms with Crippen LogP contribution < -0.4 is 5.32 Å². The molecule has 1 N–H and O–H groups in total. The van der Waals surface area contributed by atoms with Crippen LogP contribution in [0.3, 0.4) is 0 Å². The number of allylic oxidation sites excluding steroid dienone is 2. The van der Waals surface area contributed by atoms with Crippen molar-refractivity contribution in [1.82, 2.24) is 5.32 Å². The Labute approximate surface area is 107 Å². The van der Waals surface area contributed by atoms with E-state index in [-0.39, 0.29) is 5.54 Å². The van der Waals surface area contributed by atoms with Crippen LogP contribution in [0.15, 0.2) is 12.2 Å². The summed E-state index contributed by atoms with van der Waals surface area (Å²) >= 11 is 0. The molecule has 0 amide bonds. The summed E-state index contributed by atoms with van der Waals surface area (Å²) in [4.78, 5) is 0. The molecule has 100 valence electrons. The summed E-state index contributed by atoms with van der Waals surface area (Å²) in [5.74, 6) is 1.50. The Morgan fingerprint density at radius 2 is 2.00 bits per heavy atom. The molecule has 17 heavy (non-hydrogen) atoms. The highest BCUT2D eigenvalue weighted by molar-refractivity contribution is 4.93. The SMILES string of the molecule is CCC(C)(C)NCCOCC1CC=CCC1C. The van der Waals surface area contributed by atoms with E-state index in [0.29, 0.717) is 0 Å². The first kappa shape index (κ1) is 14.7. The Kier molecular flexibility index (Phi) is 6.21. The largest absolute Gasteiger partial charge is 0.380 e. The number of nitrogens with one attached hydrogen (secondary N) is 1. The average Bonchev–Trinajstić information content (AvgIpc) is 2.31. The molecule has 0 saturated carbocycles. The van der Waals surface area contributed by atoms with E-state index in [9.17, 15) is 0 Å². The van der Waals surface area contributed by atoms with Crippen LogP contribution in [0.4, 0.5) is 0 Å². The van der Waals surface area contributed by atoms with E-state index in [4.69, 9.17) is 4.74 Å². The van der Waals surface area contributed by atoms with Gasteiger partial charge in [-0.05, 0) is 44.9 Å². The third kappa shape index (κ3) is 5.69. The van der Waals surface area contributed by atoms with Gasteiger partial charge in [-0.15, -0.1) is 0 Å². The van der Waals surface area contributed by atoms with Gasteiger partial charge in [0.15, 0.2) is 0 Å². The maximum Gasteiger partial charge on any atom is 0.0591 e. The van der Waals surface area contributed by atoms with E-state index in [1.807, 2.05) is 0 Å². The molecular formula is C15H29NO. The molecule has 0 fully saturated rings. The van der Waals surface area contributed by atoms with Gasteiger partial charge in [0.25, 0.3) is 0 Å². The zero-order chi connectivity index (χ0) is 12.7. The van der Waals surface area contributed by atoms with E-state index < -0.39 is 0 Å². The lowest BCUT2D eigenvalue weighted by atomic mass is 9.85. The summed E-state index contributed by atoms with van der Waals surface area (Å²) in [7, 11) is 0. The van der Waals surface area contributed by atoms with Crippen LogP contribution >= 0.6 is 0 Å². The normalized spacial score (nSPS) is 25.2. The third-order valence-electron chi connectivity index (χ3n) is 3.98. The van der Waals surface area contributed by atoms with Gasteiger partial charge >= 0.3 is 0 Å². The summed E-state index contributed by atoms with van der Waals surface area (Å²) in [6, 6.07) is 0. The summed E-state index contributed by atoms with van der Waals surface area (Å²) < 4.78 is 5.79. The van der Waals surface area contributed by atoms with Gasteiger partial charge in [0.2, 0.25) is 0 Å². The minimum atomic E-state index is 0.240. The lowest BCUT2D eigenvalue weighted by Crippen LogP contribution is -2.40. The minimum absolute atomic E-state index is 0.240. The molecule has 1 aliphatic rings. The molecule has 2 atom stereocenters. The summed E-state index contributed by atoms with van der Waals surface area (Å²) in [6.07, 6.45) is 8.15. The Hall–Kier alpha value is -0.340. The van der Waals surface area contributed by atoms with Crippen LogP contribution in [0.5, 0.6) is 0 Å². The molecule has 1 aliphatic carbocycles. The first-order chi connectivity index (χ1) is 8.05. The summed E-state index contributed by atoms with van der Waals surface area (Å²) in [5.41, 5.74) is 0.240. The summed E-state index contributed by atoms with van der Waals surface area (Å²) in [6.45, 7) is 11.7. The van der Waals surface area contributed by atoms with Crippen LogP contribution in [-0.2, 0) is 4.74 Å². The highest BCUT2D eigenvalue weighted by Gasteiger charge is 2.18. The van der Waals surface area contributed by atoms with Gasteiger partial charge in [-0.3, -0.25) is 0 Å². The van der Waals surface area contributed by atoms with Crippen molar-refractivity contribution in [2.75, 3.05) is 19.8 Å². The number of ether oxygens (including phenoxy) is 1. The highest BCUT2D eigenvalue weighted by Crippen LogP contribution is 2.24. The van der Waals surface area contributed by atoms with Crippen molar-refractivity contribution in [3.8, 4) is 0 Å². The molecule has 2 nitrogen and oxygen atoms in total. The maximum absolute atomic E-state index is 5.79. The molecule has 0 heterocycles. The third-order valence-corrected chi connectivity index (χ3v) is 3.98. The first-order valence-corrected chi connectivity index (χ1v) is 7.03. The lowest BCUT2D eigenvalue weighted by Gasteiger charge is -2.26. The van der Waals surface area contributed by atoms with Gasteiger partial charge < -0.3 is 10.1 Å². The van der Waals surface area contributed by atoms with E-state index >= 15 is 0 Å². The second-order valence-electron chi connectivity index (χ2n) is 5.92. The zero-order valence-corrected chi connectivity index (χ0v) is 12.0. The molecule has 1 rings (SSSR count). The van der Waals surface area contributed by atoms with Crippen LogP contribution in [0.1, 0.15) is 47.0 Å². The fourth-order valence-corrected chi connectivity index (χ4v) is 2.06. The van der Waals surface area contributed by atoms with Crippen LogP contribution in [-0.4, -0.2) is 25.3 Å². The Morgan fingerprint density at radius 3 is 2.65 bits per heavy atom. The molecule has 2 heteroatoms. The fourth-order valence-electron chi connectivity index (χ4n) is 2.06. The first-order valence-electron chi connectivity index (χ1n) is 7.03. The van der Waals surface area contributed by atoms with Crippen LogP contribution in [0.25, 0.3) is 0 Å². The average molecular weight is 239 g/mol. The molecule has 0 bridgehead atoms. The molecule has 0 spiro atoms. The predicted molar refractivity (Wildman–Crippen MR) is 74.2 cm³/mol. The van der Waals surface area contributed by atoms with E-state index in [0.717, 1.165) is 38.0 Å². The molecule has 0 aromatic heterocycles. The number of rotatable bonds is 7. The number of hydrogen-bond acceptors (Lipinski definition) is 2. The second-order valence-corrected chi connectivity index (χ2v) is 5.92. The lowest BCUT2D eigenvalue weighted by molar-refractivity contribution is 0.0774. The molecule has 2 unspecified atom stereocenters. The van der Waals surface area contributed by atoms with Gasteiger partial charge in [0.1, 0.15) is 0 Å². The number of hydrogen-bond donors (Lipinski definition) is 1. The predicted octanol–water partition coefficient (Wildman–Crippen LogP) is 3.38. The fraction of sp³-hybridized carbons (Fsp3) is 0.867. The van der Waals surface area contributed by atoms with Gasteiger partial charge in [-0.25, -0.2) is 0 Å². The smallest absolute Gasteiger partial charge is 0.0591 e. The summed E-state index contributed by atoms with van der Waals surface area (Å²) in [5, 5.41) is 3.52. The van der Waals surface area contributed by atoms with Crippen molar-refractivity contribution in [2.24, 2.45) is 11.8 Å². The van der Waals surface area contributed by atoms with Crippen molar-refractivity contribution in [2.45, 2.75) is 52.5 Å². The molecule has 0 saturated heterocycles. The van der Waals surface area contributed by atoms with Crippen molar-refractivity contribution in [3.05, 3.63) is 12.2 Å². The van der Waals surface area contributed by atoms with Crippen LogP contribution in [0.2, 0.25) is 0 Å². The molecule has 0 aromatic rings. The van der Waals surface area contributed by atoms with Gasteiger partial charge in [0, 0.05) is 12.1 Å². The van der Waals surface area contributed by atoms with Crippen LogP contribution in [0, 0.1) is 11.8 Å².